The molecule has 3 aliphatic rings. The van der Waals surface area contributed by atoms with Crippen molar-refractivity contribution in [3.8, 4) is 5.75 Å². The average Bonchev–Trinajstić information content (AvgIpc) is 3.18. The van der Waals surface area contributed by atoms with Crippen LogP contribution in [0.15, 0.2) is 36.4 Å². The van der Waals surface area contributed by atoms with E-state index in [1.165, 1.54) is 10.5 Å². The van der Waals surface area contributed by atoms with Gasteiger partial charge in [-0.2, -0.15) is 0 Å². The van der Waals surface area contributed by atoms with Gasteiger partial charge in [0.1, 0.15) is 26.2 Å². The molecule has 5 rings (SSSR count). The van der Waals surface area contributed by atoms with Gasteiger partial charge < -0.3 is 14.4 Å². The molecular weight excluding hydrogens is 433 g/mol. The smallest absolute Gasteiger partial charge is 0.254 e. The fourth-order valence-corrected chi connectivity index (χ4v) is 4.73. The Balaban J connectivity index is 1.26. The number of hydrogen-bond donors (Lipinski definition) is 1. The van der Waals surface area contributed by atoms with Gasteiger partial charge in [-0.1, -0.05) is 35.8 Å². The van der Waals surface area contributed by atoms with Gasteiger partial charge in [0.05, 0.1) is 19.8 Å². The van der Waals surface area contributed by atoms with E-state index in [4.69, 9.17) is 17.3 Å². The number of carbonyl (C=O) groups is 3. The average molecular weight is 459 g/mol. The summed E-state index contributed by atoms with van der Waals surface area (Å²) in [7, 11) is 6.11. The summed E-state index contributed by atoms with van der Waals surface area (Å²) < 4.78 is 11.5. The van der Waals surface area contributed by atoms with E-state index in [-0.39, 0.29) is 24.8 Å². The number of fused-ring (bicyclic) bond motifs is 1. The molecule has 2 aromatic carbocycles. The number of benzene rings is 2. The molecule has 3 amide bonds. The maximum atomic E-state index is 13.1. The second-order valence-electron chi connectivity index (χ2n) is 8.90. The first kappa shape index (κ1) is 22.6. The number of nitrogens with one attached hydrogen (secondary N) is 1. The molecule has 0 aliphatic carbocycles. The first-order valence-corrected chi connectivity index (χ1v) is 11.6. The summed E-state index contributed by atoms with van der Waals surface area (Å²) in [4.78, 5) is 40.8. The van der Waals surface area contributed by atoms with E-state index in [2.05, 4.69) is 22.3 Å². The third kappa shape index (κ3) is 4.58. The lowest BCUT2D eigenvalue weighted by Crippen LogP contribution is -2.52. The Bertz CT molecular complexity index is 1110. The van der Waals surface area contributed by atoms with Gasteiger partial charge >= 0.3 is 0 Å². The van der Waals surface area contributed by atoms with Crippen LogP contribution in [0.2, 0.25) is 0 Å². The number of nitrogens with zero attached hydrogens (tertiary/aromatic N) is 2. The van der Waals surface area contributed by atoms with Crippen molar-refractivity contribution in [3.05, 3.63) is 58.7 Å². The standard InChI is InChI=1S/C25H26BN3O5/c26-19-5-7-21(18-14-29(25(32)23(18)19)20-6-8-22(30)27-24(20)31)34-15-17-3-1-16(2-4-17)13-28-9-11-33-12-10-28/h1-5,7,20H,6,8-15H2,(H,27,30,31). The quantitative estimate of drug-likeness (QED) is 0.505. The van der Waals surface area contributed by atoms with Crippen molar-refractivity contribution in [2.24, 2.45) is 0 Å². The maximum absolute atomic E-state index is 13.1. The van der Waals surface area contributed by atoms with E-state index in [1.807, 2.05) is 12.1 Å². The predicted octanol–water partition coefficient (Wildman–Crippen LogP) is 0.653. The van der Waals surface area contributed by atoms with Crippen molar-refractivity contribution in [2.75, 3.05) is 26.3 Å². The van der Waals surface area contributed by atoms with Crippen LogP contribution in [-0.2, 0) is 34.0 Å². The summed E-state index contributed by atoms with van der Waals surface area (Å²) in [6.07, 6.45) is 0.508. The van der Waals surface area contributed by atoms with Crippen LogP contribution in [0.1, 0.15) is 39.9 Å². The predicted molar refractivity (Wildman–Crippen MR) is 125 cm³/mol. The normalized spacial score (nSPS) is 20.9. The molecule has 0 aromatic heterocycles. The maximum Gasteiger partial charge on any atom is 0.254 e. The minimum atomic E-state index is -0.691. The molecule has 3 heterocycles. The van der Waals surface area contributed by atoms with Crippen LogP contribution in [-0.4, -0.2) is 67.7 Å². The minimum absolute atomic E-state index is 0.205. The van der Waals surface area contributed by atoms with Gasteiger partial charge in [-0.25, -0.2) is 0 Å². The lowest BCUT2D eigenvalue weighted by Gasteiger charge is -2.29. The Hall–Kier alpha value is -3.17. The van der Waals surface area contributed by atoms with Crippen LogP contribution >= 0.6 is 0 Å². The summed E-state index contributed by atoms with van der Waals surface area (Å²) >= 11 is 0. The number of amides is 3. The summed E-state index contributed by atoms with van der Waals surface area (Å²) in [6, 6.07) is 11.0. The van der Waals surface area contributed by atoms with Crippen LogP contribution in [0.3, 0.4) is 0 Å². The van der Waals surface area contributed by atoms with E-state index in [0.29, 0.717) is 35.4 Å². The van der Waals surface area contributed by atoms with Gasteiger partial charge in [0.15, 0.2) is 0 Å². The van der Waals surface area contributed by atoms with Gasteiger partial charge in [0.2, 0.25) is 11.8 Å². The van der Waals surface area contributed by atoms with E-state index in [0.717, 1.165) is 38.4 Å². The fraction of sp³-hybridized carbons (Fsp3) is 0.400. The highest BCUT2D eigenvalue weighted by Gasteiger charge is 2.40. The largest absolute Gasteiger partial charge is 0.489 e. The molecule has 3 aliphatic heterocycles. The van der Waals surface area contributed by atoms with Crippen LogP contribution in [0.4, 0.5) is 0 Å². The minimum Gasteiger partial charge on any atom is -0.489 e. The van der Waals surface area contributed by atoms with Crippen LogP contribution < -0.4 is 15.5 Å². The fourth-order valence-electron chi connectivity index (χ4n) is 4.73. The number of ether oxygens (including phenoxy) is 2. The lowest BCUT2D eigenvalue weighted by molar-refractivity contribution is -0.136. The summed E-state index contributed by atoms with van der Waals surface area (Å²) in [6.45, 7) is 4.92. The van der Waals surface area contributed by atoms with E-state index in [9.17, 15) is 14.4 Å². The summed E-state index contributed by atoms with van der Waals surface area (Å²) in [5.41, 5.74) is 3.67. The molecule has 1 unspecified atom stereocenters. The molecule has 2 aromatic rings. The highest BCUT2D eigenvalue weighted by Crippen LogP contribution is 2.33. The molecule has 9 heteroatoms. The number of imide groups is 1. The number of rotatable bonds is 6. The Labute approximate surface area is 199 Å². The number of morpholine rings is 1. The number of carbonyl (C=O) groups excluding carboxylic acids is 3. The van der Waals surface area contributed by atoms with Crippen molar-refractivity contribution in [1.29, 1.82) is 0 Å². The second-order valence-corrected chi connectivity index (χ2v) is 8.90. The van der Waals surface area contributed by atoms with Gasteiger partial charge in [-0.05, 0) is 23.6 Å². The van der Waals surface area contributed by atoms with Crippen LogP contribution in [0.25, 0.3) is 0 Å². The lowest BCUT2D eigenvalue weighted by atomic mass is 9.88. The zero-order valence-corrected chi connectivity index (χ0v) is 18.9. The highest BCUT2D eigenvalue weighted by atomic mass is 16.5. The highest BCUT2D eigenvalue weighted by molar-refractivity contribution is 6.37. The Kier molecular flexibility index (Phi) is 6.39. The number of hydrogen-bond acceptors (Lipinski definition) is 6. The van der Waals surface area contributed by atoms with Gasteiger partial charge in [-0.15, -0.1) is 0 Å². The molecule has 8 nitrogen and oxygen atoms in total. The van der Waals surface area contributed by atoms with E-state index in [1.54, 1.807) is 12.1 Å². The molecule has 1 N–H and O–H groups in total. The van der Waals surface area contributed by atoms with E-state index < -0.39 is 11.9 Å². The molecule has 0 spiro atoms. The van der Waals surface area contributed by atoms with Crippen LogP contribution in [0.5, 0.6) is 5.75 Å². The molecule has 1 atom stereocenters. The molecule has 2 radical (unpaired) electrons. The molecular formula is C25H26BN3O5. The summed E-state index contributed by atoms with van der Waals surface area (Å²) in [5.74, 6) is -0.495. The number of piperidine rings is 1. The van der Waals surface area contributed by atoms with Crippen molar-refractivity contribution < 1.29 is 23.9 Å². The Morgan fingerprint density at radius 2 is 1.76 bits per heavy atom. The molecule has 0 saturated carbocycles. The first-order valence-electron chi connectivity index (χ1n) is 11.6. The van der Waals surface area contributed by atoms with E-state index >= 15 is 0 Å². The van der Waals surface area contributed by atoms with Crippen molar-refractivity contribution >= 4 is 31.0 Å². The third-order valence-electron chi connectivity index (χ3n) is 6.62. The monoisotopic (exact) mass is 459 g/mol. The molecule has 0 bridgehead atoms. The molecule has 2 fully saturated rings. The summed E-state index contributed by atoms with van der Waals surface area (Å²) in [5, 5.41) is 2.32. The molecule has 34 heavy (non-hydrogen) atoms. The zero-order chi connectivity index (χ0) is 23.7. The van der Waals surface area contributed by atoms with Crippen LogP contribution in [0, 0.1) is 0 Å². The second kappa shape index (κ2) is 9.60. The van der Waals surface area contributed by atoms with Gasteiger partial charge in [0.25, 0.3) is 5.91 Å². The topological polar surface area (TPSA) is 88.2 Å². The van der Waals surface area contributed by atoms with Crippen molar-refractivity contribution in [1.82, 2.24) is 15.1 Å². The van der Waals surface area contributed by atoms with Crippen molar-refractivity contribution in [2.45, 2.75) is 38.6 Å². The van der Waals surface area contributed by atoms with Gasteiger partial charge in [0, 0.05) is 37.2 Å². The third-order valence-corrected chi connectivity index (χ3v) is 6.62. The molecule has 174 valence electrons. The zero-order valence-electron chi connectivity index (χ0n) is 18.9. The SMILES string of the molecule is [B]c1ccc(OCc2ccc(CN3CCOCC3)cc2)c2c1C(=O)N(C1CCC(=O)NC1=O)C2. The van der Waals surface area contributed by atoms with Crippen molar-refractivity contribution in [3.63, 3.8) is 0 Å². The Morgan fingerprint density at radius 3 is 2.50 bits per heavy atom. The molecule has 2 saturated heterocycles. The van der Waals surface area contributed by atoms with Gasteiger partial charge in [-0.3, -0.25) is 24.6 Å². The Morgan fingerprint density at radius 1 is 1.03 bits per heavy atom. The first-order chi connectivity index (χ1) is 16.5.